The van der Waals surface area contributed by atoms with Gasteiger partial charge < -0.3 is 4.90 Å². The van der Waals surface area contributed by atoms with Gasteiger partial charge in [-0.15, -0.1) is 11.3 Å². The van der Waals surface area contributed by atoms with E-state index in [1.807, 2.05) is 11.3 Å². The first-order chi connectivity index (χ1) is 17.5. The van der Waals surface area contributed by atoms with Crippen molar-refractivity contribution in [1.82, 2.24) is 0 Å². The Bertz CT molecular complexity index is 1770. The van der Waals surface area contributed by atoms with Gasteiger partial charge in [0.05, 0.1) is 10.4 Å². The molecule has 0 N–H and O–H groups in total. The smallest absolute Gasteiger partial charge is 0.0640 e. The third kappa shape index (κ3) is 3.01. The van der Waals surface area contributed by atoms with Crippen molar-refractivity contribution in [1.29, 1.82) is 0 Å². The molecule has 7 rings (SSSR count). The molecule has 2 heteroatoms. The van der Waals surface area contributed by atoms with Crippen molar-refractivity contribution in [3.8, 4) is 11.1 Å². The number of rotatable bonds is 3. The number of fused-ring (bicyclic) bond motifs is 7. The minimum atomic E-state index is 0.0107. The lowest BCUT2D eigenvalue weighted by Crippen LogP contribution is -2.14. The van der Waals surface area contributed by atoms with Crippen molar-refractivity contribution in [2.75, 3.05) is 4.90 Å². The summed E-state index contributed by atoms with van der Waals surface area (Å²) in [6, 6.07) is 40.0. The first-order valence-electron chi connectivity index (χ1n) is 12.5. The zero-order chi connectivity index (χ0) is 24.4. The summed E-state index contributed by atoms with van der Waals surface area (Å²) in [5.41, 5.74) is 10.5. The van der Waals surface area contributed by atoms with Crippen molar-refractivity contribution in [2.24, 2.45) is 0 Å². The minimum absolute atomic E-state index is 0.0107. The van der Waals surface area contributed by atoms with E-state index in [0.717, 1.165) is 0 Å². The SMILES string of the molecule is Cc1cccc(N(c2ccccc2)c2cccc3c2sc2c4c(ccc23)C(C)(C)c2ccccc2-4)c1. The highest BCUT2D eigenvalue weighted by Gasteiger charge is 2.36. The van der Waals surface area contributed by atoms with Crippen molar-refractivity contribution in [3.63, 3.8) is 0 Å². The van der Waals surface area contributed by atoms with Crippen molar-refractivity contribution < 1.29 is 0 Å². The number of benzene rings is 5. The lowest BCUT2D eigenvalue weighted by molar-refractivity contribution is 0.661. The number of para-hydroxylation sites is 1. The van der Waals surface area contributed by atoms with Gasteiger partial charge in [-0.2, -0.15) is 0 Å². The summed E-state index contributed by atoms with van der Waals surface area (Å²) < 4.78 is 2.72. The van der Waals surface area contributed by atoms with Crippen molar-refractivity contribution in [2.45, 2.75) is 26.2 Å². The van der Waals surface area contributed by atoms with E-state index < -0.39 is 0 Å². The summed E-state index contributed by atoms with van der Waals surface area (Å²) in [6.45, 7) is 6.88. The maximum Gasteiger partial charge on any atom is 0.0640 e. The molecule has 1 nitrogen and oxygen atoms in total. The van der Waals surface area contributed by atoms with Crippen LogP contribution in [0, 0.1) is 6.92 Å². The number of nitrogens with zero attached hydrogens (tertiary/aromatic N) is 1. The number of aryl methyl sites for hydroxylation is 1. The van der Waals surface area contributed by atoms with E-state index in [2.05, 4.69) is 135 Å². The third-order valence-electron chi connectivity index (χ3n) is 7.70. The molecule has 36 heavy (non-hydrogen) atoms. The molecule has 0 amide bonds. The fourth-order valence-corrected chi connectivity index (χ4v) is 7.34. The van der Waals surface area contributed by atoms with Crippen molar-refractivity contribution in [3.05, 3.63) is 126 Å². The molecule has 0 saturated carbocycles. The Labute approximate surface area is 216 Å². The monoisotopic (exact) mass is 481 g/mol. The summed E-state index contributed by atoms with van der Waals surface area (Å²) in [6.07, 6.45) is 0. The molecule has 0 fully saturated rings. The van der Waals surface area contributed by atoms with Gasteiger partial charge in [0, 0.05) is 37.8 Å². The molecule has 5 aromatic carbocycles. The van der Waals surface area contributed by atoms with Gasteiger partial charge in [0.1, 0.15) is 0 Å². The number of hydrogen-bond donors (Lipinski definition) is 0. The second-order valence-corrected chi connectivity index (χ2v) is 11.3. The van der Waals surface area contributed by atoms with Gasteiger partial charge >= 0.3 is 0 Å². The van der Waals surface area contributed by atoms with E-state index in [0.29, 0.717) is 0 Å². The van der Waals surface area contributed by atoms with Crippen LogP contribution < -0.4 is 4.90 Å². The van der Waals surface area contributed by atoms with Gasteiger partial charge in [-0.25, -0.2) is 0 Å². The van der Waals surface area contributed by atoms with Crippen LogP contribution in [0.15, 0.2) is 109 Å². The number of anilines is 3. The average molecular weight is 482 g/mol. The molecule has 1 heterocycles. The van der Waals surface area contributed by atoms with Crippen LogP contribution in [0.2, 0.25) is 0 Å². The van der Waals surface area contributed by atoms with Crippen LogP contribution in [0.1, 0.15) is 30.5 Å². The van der Waals surface area contributed by atoms with Gasteiger partial charge in [-0.3, -0.25) is 0 Å². The van der Waals surface area contributed by atoms with E-state index in [1.165, 1.54) is 65.1 Å². The Hall–Kier alpha value is -3.88. The molecule has 1 aromatic heterocycles. The molecule has 0 unspecified atom stereocenters. The minimum Gasteiger partial charge on any atom is -0.309 e. The number of thiophene rings is 1. The predicted octanol–water partition coefficient (Wildman–Crippen LogP) is 10.1. The van der Waals surface area contributed by atoms with Crippen LogP contribution in [0.5, 0.6) is 0 Å². The molecule has 0 aliphatic heterocycles. The van der Waals surface area contributed by atoms with Crippen LogP contribution in [-0.4, -0.2) is 0 Å². The van der Waals surface area contributed by atoms with Gasteiger partial charge in [-0.1, -0.05) is 92.7 Å². The fourth-order valence-electron chi connectivity index (χ4n) is 5.97. The third-order valence-corrected chi connectivity index (χ3v) is 8.97. The second-order valence-electron chi connectivity index (χ2n) is 10.3. The molecule has 0 saturated heterocycles. The van der Waals surface area contributed by atoms with Crippen molar-refractivity contribution >= 4 is 48.6 Å². The van der Waals surface area contributed by atoms with Crippen LogP contribution in [0.4, 0.5) is 17.1 Å². The quantitative estimate of drug-likeness (QED) is 0.243. The lowest BCUT2D eigenvalue weighted by atomic mass is 9.82. The van der Waals surface area contributed by atoms with Gasteiger partial charge in [0.15, 0.2) is 0 Å². The summed E-state index contributed by atoms with van der Waals surface area (Å²) in [5, 5.41) is 2.67. The maximum absolute atomic E-state index is 2.41. The van der Waals surface area contributed by atoms with Crippen LogP contribution in [-0.2, 0) is 5.41 Å². The molecule has 1 aliphatic rings. The van der Waals surface area contributed by atoms with E-state index >= 15 is 0 Å². The normalized spacial score (nSPS) is 13.6. The molecule has 0 bridgehead atoms. The predicted molar refractivity (Wildman–Crippen MR) is 156 cm³/mol. The maximum atomic E-state index is 2.41. The van der Waals surface area contributed by atoms with Gasteiger partial charge in [0.2, 0.25) is 0 Å². The molecular weight excluding hydrogens is 454 g/mol. The molecule has 0 spiro atoms. The highest BCUT2D eigenvalue weighted by molar-refractivity contribution is 7.27. The van der Waals surface area contributed by atoms with E-state index in [9.17, 15) is 0 Å². The molecule has 1 aliphatic carbocycles. The Morgan fingerprint density at radius 3 is 2.17 bits per heavy atom. The van der Waals surface area contributed by atoms with Crippen LogP contribution in [0.25, 0.3) is 31.3 Å². The Morgan fingerprint density at radius 1 is 0.611 bits per heavy atom. The zero-order valence-corrected chi connectivity index (χ0v) is 21.6. The first kappa shape index (κ1) is 21.4. The summed E-state index contributed by atoms with van der Waals surface area (Å²) >= 11 is 1.94. The summed E-state index contributed by atoms with van der Waals surface area (Å²) in [5.74, 6) is 0. The van der Waals surface area contributed by atoms with E-state index in [4.69, 9.17) is 0 Å². The van der Waals surface area contributed by atoms with Crippen LogP contribution in [0.3, 0.4) is 0 Å². The highest BCUT2D eigenvalue weighted by atomic mass is 32.1. The number of hydrogen-bond acceptors (Lipinski definition) is 2. The largest absolute Gasteiger partial charge is 0.309 e. The molecule has 0 radical (unpaired) electrons. The molecule has 0 atom stereocenters. The Balaban J connectivity index is 1.55. The first-order valence-corrected chi connectivity index (χ1v) is 13.4. The topological polar surface area (TPSA) is 3.24 Å². The lowest BCUT2D eigenvalue weighted by Gasteiger charge is -2.26. The Kier molecular flexibility index (Phi) is 4.64. The zero-order valence-electron chi connectivity index (χ0n) is 20.7. The summed E-state index contributed by atoms with van der Waals surface area (Å²) in [4.78, 5) is 2.41. The second kappa shape index (κ2) is 7.81. The van der Waals surface area contributed by atoms with E-state index in [-0.39, 0.29) is 5.41 Å². The highest BCUT2D eigenvalue weighted by Crippen LogP contribution is 2.55. The standard InChI is InChI=1S/C34H27NS/c1-22-11-9-14-24(21-22)35(23-12-5-4-6-13-23)30-18-10-16-25-26-19-20-29-31(33(26)36-32(25)30)27-15-7-8-17-28(27)34(29,2)3/h4-21H,1-3H3. The molecule has 174 valence electrons. The molecular formula is C34H27NS. The van der Waals surface area contributed by atoms with Gasteiger partial charge in [0.25, 0.3) is 0 Å². The summed E-state index contributed by atoms with van der Waals surface area (Å²) in [7, 11) is 0. The molecule has 6 aromatic rings. The Morgan fingerprint density at radius 2 is 1.33 bits per heavy atom. The van der Waals surface area contributed by atoms with Gasteiger partial charge in [-0.05, 0) is 59.5 Å². The van der Waals surface area contributed by atoms with E-state index in [1.54, 1.807) is 0 Å². The van der Waals surface area contributed by atoms with Crippen LogP contribution >= 0.6 is 11.3 Å². The average Bonchev–Trinajstić information content (AvgIpc) is 3.39. The fraction of sp³-hybridized carbons (Fsp3) is 0.118.